The second-order valence-electron chi connectivity index (χ2n) is 4.76. The minimum atomic E-state index is -0.0962. The molecular weight excluding hydrogens is 224 g/mol. The first-order valence-corrected chi connectivity index (χ1v) is 6.75. The minimum absolute atomic E-state index is 0.0962. The molecular formula is C15H20N2O. The van der Waals surface area contributed by atoms with Crippen molar-refractivity contribution >= 4 is 10.8 Å². The predicted octanol–water partition coefficient (Wildman–Crippen LogP) is 3.61. The third-order valence-corrected chi connectivity index (χ3v) is 3.39. The van der Waals surface area contributed by atoms with Gasteiger partial charge in [-0.2, -0.15) is 5.10 Å². The fourth-order valence-corrected chi connectivity index (χ4v) is 2.56. The highest BCUT2D eigenvalue weighted by atomic mass is 16.1. The third-order valence-electron chi connectivity index (χ3n) is 3.39. The molecule has 0 amide bonds. The fraction of sp³-hybridized carbons (Fsp3) is 0.467. The Morgan fingerprint density at radius 2 is 1.72 bits per heavy atom. The van der Waals surface area contributed by atoms with Crippen LogP contribution < -0.4 is 5.56 Å². The molecule has 2 aromatic rings. The molecule has 3 nitrogen and oxygen atoms in total. The Morgan fingerprint density at radius 3 is 2.33 bits per heavy atom. The summed E-state index contributed by atoms with van der Waals surface area (Å²) in [5.74, 6) is 0.446. The van der Waals surface area contributed by atoms with Crippen molar-refractivity contribution in [2.24, 2.45) is 0 Å². The summed E-state index contributed by atoms with van der Waals surface area (Å²) in [5.41, 5.74) is 0.954. The van der Waals surface area contributed by atoms with E-state index in [9.17, 15) is 4.79 Å². The van der Waals surface area contributed by atoms with E-state index in [1.54, 1.807) is 0 Å². The molecule has 0 aliphatic carbocycles. The van der Waals surface area contributed by atoms with Gasteiger partial charge in [0.2, 0.25) is 0 Å². The summed E-state index contributed by atoms with van der Waals surface area (Å²) in [7, 11) is 0. The van der Waals surface area contributed by atoms with E-state index in [4.69, 9.17) is 0 Å². The lowest BCUT2D eigenvalue weighted by Crippen LogP contribution is -2.13. The van der Waals surface area contributed by atoms with Crippen LogP contribution in [0.25, 0.3) is 10.8 Å². The minimum Gasteiger partial charge on any atom is -0.267 e. The number of hydrogen-bond acceptors (Lipinski definition) is 2. The van der Waals surface area contributed by atoms with E-state index >= 15 is 0 Å². The average molecular weight is 244 g/mol. The second-order valence-corrected chi connectivity index (χ2v) is 4.76. The molecule has 0 unspecified atom stereocenters. The standard InChI is InChI=1S/C15H20N2O/c1-3-7-11(8-4-2)14-12-9-5-6-10-13(12)15(18)17-16-14/h5-6,9-11H,3-4,7-8H2,1-2H3,(H,17,18). The highest BCUT2D eigenvalue weighted by molar-refractivity contribution is 5.83. The van der Waals surface area contributed by atoms with E-state index in [1.165, 1.54) is 0 Å². The molecule has 1 aromatic heterocycles. The molecule has 3 heteroatoms. The fourth-order valence-electron chi connectivity index (χ4n) is 2.56. The van der Waals surface area contributed by atoms with Crippen molar-refractivity contribution in [3.63, 3.8) is 0 Å². The number of H-pyrrole nitrogens is 1. The Hall–Kier alpha value is -1.64. The third kappa shape index (κ3) is 2.45. The first kappa shape index (κ1) is 12.8. The van der Waals surface area contributed by atoms with Crippen molar-refractivity contribution in [3.05, 3.63) is 40.3 Å². The van der Waals surface area contributed by atoms with E-state index in [-0.39, 0.29) is 5.56 Å². The topological polar surface area (TPSA) is 45.8 Å². The monoisotopic (exact) mass is 244 g/mol. The molecule has 0 aliphatic heterocycles. The van der Waals surface area contributed by atoms with Crippen LogP contribution in [-0.2, 0) is 0 Å². The van der Waals surface area contributed by atoms with Crippen LogP contribution in [-0.4, -0.2) is 10.2 Å². The van der Waals surface area contributed by atoms with E-state index in [1.807, 2.05) is 24.3 Å². The maximum atomic E-state index is 11.8. The molecule has 0 bridgehead atoms. The molecule has 1 N–H and O–H groups in total. The number of aromatic nitrogens is 2. The molecule has 2 rings (SSSR count). The maximum absolute atomic E-state index is 11.8. The second kappa shape index (κ2) is 5.80. The Balaban J connectivity index is 2.55. The zero-order chi connectivity index (χ0) is 13.0. The van der Waals surface area contributed by atoms with E-state index in [2.05, 4.69) is 24.0 Å². The summed E-state index contributed by atoms with van der Waals surface area (Å²) in [6.45, 7) is 4.38. The number of nitrogens with one attached hydrogen (secondary N) is 1. The van der Waals surface area contributed by atoms with Gasteiger partial charge in [0.25, 0.3) is 5.56 Å². The van der Waals surface area contributed by atoms with Gasteiger partial charge in [-0.1, -0.05) is 44.9 Å². The molecule has 0 saturated carbocycles. The van der Waals surface area contributed by atoms with Crippen LogP contribution in [0.1, 0.15) is 51.1 Å². The SMILES string of the molecule is CCCC(CCC)c1n[nH]c(=O)c2ccccc12. The molecule has 0 saturated heterocycles. The van der Waals surface area contributed by atoms with Crippen molar-refractivity contribution in [1.29, 1.82) is 0 Å². The van der Waals surface area contributed by atoms with Crippen LogP contribution >= 0.6 is 0 Å². The number of aromatic amines is 1. The summed E-state index contributed by atoms with van der Waals surface area (Å²) in [4.78, 5) is 11.8. The first-order valence-electron chi connectivity index (χ1n) is 6.75. The van der Waals surface area contributed by atoms with E-state index in [0.717, 1.165) is 42.1 Å². The predicted molar refractivity (Wildman–Crippen MR) is 74.9 cm³/mol. The number of hydrogen-bond donors (Lipinski definition) is 1. The van der Waals surface area contributed by atoms with Crippen LogP contribution in [0.2, 0.25) is 0 Å². The normalized spacial score (nSPS) is 11.3. The lowest BCUT2D eigenvalue weighted by molar-refractivity contribution is 0.546. The zero-order valence-corrected chi connectivity index (χ0v) is 11.1. The summed E-state index contributed by atoms with van der Waals surface area (Å²) < 4.78 is 0. The zero-order valence-electron chi connectivity index (χ0n) is 11.1. The van der Waals surface area contributed by atoms with Crippen LogP contribution in [0.3, 0.4) is 0 Å². The Kier molecular flexibility index (Phi) is 4.13. The molecule has 96 valence electrons. The Morgan fingerprint density at radius 1 is 1.11 bits per heavy atom. The van der Waals surface area contributed by atoms with E-state index < -0.39 is 0 Å². The summed E-state index contributed by atoms with van der Waals surface area (Å²) in [6, 6.07) is 7.75. The van der Waals surface area contributed by atoms with Gasteiger partial charge in [0.15, 0.2) is 0 Å². The number of nitrogens with zero attached hydrogens (tertiary/aromatic N) is 1. The van der Waals surface area contributed by atoms with Gasteiger partial charge >= 0.3 is 0 Å². The number of fused-ring (bicyclic) bond motifs is 1. The quantitative estimate of drug-likeness (QED) is 0.873. The number of benzene rings is 1. The molecule has 1 aromatic carbocycles. The van der Waals surface area contributed by atoms with Gasteiger partial charge in [-0.3, -0.25) is 4.79 Å². The van der Waals surface area contributed by atoms with Crippen molar-refractivity contribution in [3.8, 4) is 0 Å². The van der Waals surface area contributed by atoms with Crippen LogP contribution in [0.5, 0.6) is 0 Å². The lowest BCUT2D eigenvalue weighted by Gasteiger charge is -2.16. The molecule has 18 heavy (non-hydrogen) atoms. The van der Waals surface area contributed by atoms with Gasteiger partial charge in [0.1, 0.15) is 0 Å². The molecule has 1 heterocycles. The van der Waals surface area contributed by atoms with Gasteiger partial charge in [0.05, 0.1) is 11.1 Å². The van der Waals surface area contributed by atoms with Gasteiger partial charge in [0, 0.05) is 11.3 Å². The van der Waals surface area contributed by atoms with E-state index in [0.29, 0.717) is 5.92 Å². The summed E-state index contributed by atoms with van der Waals surface area (Å²) in [6.07, 6.45) is 4.52. The molecule has 0 atom stereocenters. The molecule has 0 spiro atoms. The van der Waals surface area contributed by atoms with Crippen molar-refractivity contribution in [2.75, 3.05) is 0 Å². The van der Waals surface area contributed by atoms with Crippen LogP contribution in [0, 0.1) is 0 Å². The average Bonchev–Trinajstić information content (AvgIpc) is 2.39. The van der Waals surface area contributed by atoms with Crippen LogP contribution in [0.15, 0.2) is 29.1 Å². The van der Waals surface area contributed by atoms with Gasteiger partial charge in [-0.15, -0.1) is 0 Å². The van der Waals surface area contributed by atoms with Crippen LogP contribution in [0.4, 0.5) is 0 Å². The Bertz CT molecular complexity index is 568. The highest BCUT2D eigenvalue weighted by Gasteiger charge is 2.15. The smallest absolute Gasteiger partial charge is 0.267 e. The van der Waals surface area contributed by atoms with Gasteiger partial charge < -0.3 is 0 Å². The Labute approximate surface area is 107 Å². The first-order chi connectivity index (χ1) is 8.77. The summed E-state index contributed by atoms with van der Waals surface area (Å²) >= 11 is 0. The van der Waals surface area contributed by atoms with Crippen molar-refractivity contribution < 1.29 is 0 Å². The lowest BCUT2D eigenvalue weighted by atomic mass is 9.92. The largest absolute Gasteiger partial charge is 0.272 e. The number of rotatable bonds is 5. The van der Waals surface area contributed by atoms with Crippen molar-refractivity contribution in [1.82, 2.24) is 10.2 Å². The van der Waals surface area contributed by atoms with Crippen molar-refractivity contribution in [2.45, 2.75) is 45.4 Å². The summed E-state index contributed by atoms with van der Waals surface area (Å²) in [5, 5.41) is 8.70. The van der Waals surface area contributed by atoms with Gasteiger partial charge in [-0.05, 0) is 18.9 Å². The van der Waals surface area contributed by atoms with Gasteiger partial charge in [-0.25, -0.2) is 5.10 Å². The molecule has 0 aliphatic rings. The molecule has 0 fully saturated rings. The molecule has 0 radical (unpaired) electrons. The highest BCUT2D eigenvalue weighted by Crippen LogP contribution is 2.28. The maximum Gasteiger partial charge on any atom is 0.272 e.